The number of aryl methyl sites for hydroxylation is 1. The summed E-state index contributed by atoms with van der Waals surface area (Å²) in [5.74, 6) is 0.606. The molecule has 0 radical (unpaired) electrons. The first-order valence-electron chi connectivity index (χ1n) is 9.53. The zero-order valence-corrected chi connectivity index (χ0v) is 16.6. The first kappa shape index (κ1) is 21.0. The Morgan fingerprint density at radius 3 is 2.53 bits per heavy atom. The molecule has 1 aromatic carbocycles. The molecule has 1 aromatic heterocycles. The third kappa shape index (κ3) is 5.40. The second kappa shape index (κ2) is 9.63. The number of nitro groups is 1. The van der Waals surface area contributed by atoms with E-state index in [-0.39, 0.29) is 24.6 Å². The summed E-state index contributed by atoms with van der Waals surface area (Å²) < 4.78 is 0. The van der Waals surface area contributed by atoms with Gasteiger partial charge in [0.25, 0.3) is 5.69 Å². The molecule has 3 amide bonds. The molecule has 11 heteroatoms. The van der Waals surface area contributed by atoms with Crippen molar-refractivity contribution in [1.82, 2.24) is 20.2 Å². The maximum atomic E-state index is 12.4. The van der Waals surface area contributed by atoms with Gasteiger partial charge in [0.15, 0.2) is 0 Å². The zero-order valence-electron chi connectivity index (χ0n) is 16.6. The SMILES string of the molecule is Cc1ccc([N+](=O)[O-])cc1NC(=O)NCCC(=O)N1CCN(c2ncccn2)CC1. The predicted octanol–water partition coefficient (Wildman–Crippen LogP) is 1.55. The quantitative estimate of drug-likeness (QED) is 0.542. The van der Waals surface area contributed by atoms with Crippen LogP contribution in [0.4, 0.5) is 22.1 Å². The molecule has 11 nitrogen and oxygen atoms in total. The molecule has 30 heavy (non-hydrogen) atoms. The molecule has 0 aliphatic carbocycles. The van der Waals surface area contributed by atoms with Crippen LogP contribution in [-0.4, -0.2) is 64.5 Å². The number of hydrogen-bond acceptors (Lipinski definition) is 7. The van der Waals surface area contributed by atoms with Crippen LogP contribution in [0.5, 0.6) is 0 Å². The summed E-state index contributed by atoms with van der Waals surface area (Å²) >= 11 is 0. The zero-order chi connectivity index (χ0) is 21.5. The van der Waals surface area contributed by atoms with Crippen LogP contribution in [0.1, 0.15) is 12.0 Å². The number of nitrogens with zero attached hydrogens (tertiary/aromatic N) is 5. The molecular formula is C19H23N7O4. The number of benzene rings is 1. The Morgan fingerprint density at radius 2 is 1.87 bits per heavy atom. The summed E-state index contributed by atoms with van der Waals surface area (Å²) in [5.41, 5.74) is 0.950. The fourth-order valence-corrected chi connectivity index (χ4v) is 3.08. The van der Waals surface area contributed by atoms with Crippen molar-refractivity contribution in [2.24, 2.45) is 0 Å². The van der Waals surface area contributed by atoms with Crippen molar-refractivity contribution in [1.29, 1.82) is 0 Å². The van der Waals surface area contributed by atoms with Gasteiger partial charge >= 0.3 is 6.03 Å². The van der Waals surface area contributed by atoms with Crippen molar-refractivity contribution in [3.63, 3.8) is 0 Å². The summed E-state index contributed by atoms with van der Waals surface area (Å²) in [4.78, 5) is 47.0. The Hall–Kier alpha value is -3.76. The Bertz CT molecular complexity index is 914. The predicted molar refractivity (Wildman–Crippen MR) is 110 cm³/mol. The van der Waals surface area contributed by atoms with E-state index < -0.39 is 11.0 Å². The number of nitro benzene ring substituents is 1. The van der Waals surface area contributed by atoms with Gasteiger partial charge in [0.1, 0.15) is 0 Å². The van der Waals surface area contributed by atoms with Crippen LogP contribution in [0.3, 0.4) is 0 Å². The van der Waals surface area contributed by atoms with Crippen molar-refractivity contribution in [3.8, 4) is 0 Å². The number of rotatable bonds is 6. The highest BCUT2D eigenvalue weighted by atomic mass is 16.6. The van der Waals surface area contributed by atoms with Gasteiger partial charge in [0, 0.05) is 63.7 Å². The Morgan fingerprint density at radius 1 is 1.17 bits per heavy atom. The van der Waals surface area contributed by atoms with E-state index in [1.54, 1.807) is 36.4 Å². The second-order valence-electron chi connectivity index (χ2n) is 6.80. The number of urea groups is 1. The lowest BCUT2D eigenvalue weighted by atomic mass is 10.2. The van der Waals surface area contributed by atoms with E-state index >= 15 is 0 Å². The first-order chi connectivity index (χ1) is 14.4. The van der Waals surface area contributed by atoms with Gasteiger partial charge in [0.05, 0.1) is 10.6 Å². The van der Waals surface area contributed by atoms with Crippen LogP contribution < -0.4 is 15.5 Å². The van der Waals surface area contributed by atoms with Crippen LogP contribution in [-0.2, 0) is 4.79 Å². The van der Waals surface area contributed by atoms with Gasteiger partial charge in [-0.05, 0) is 18.6 Å². The highest BCUT2D eigenvalue weighted by Gasteiger charge is 2.22. The van der Waals surface area contributed by atoms with Gasteiger partial charge < -0.3 is 20.4 Å². The molecule has 2 aromatic rings. The second-order valence-corrected chi connectivity index (χ2v) is 6.80. The number of carbonyl (C=O) groups is 2. The topological polar surface area (TPSA) is 134 Å². The molecule has 0 unspecified atom stereocenters. The van der Waals surface area contributed by atoms with Gasteiger partial charge in [-0.3, -0.25) is 14.9 Å². The van der Waals surface area contributed by atoms with Crippen LogP contribution in [0.2, 0.25) is 0 Å². The van der Waals surface area contributed by atoms with Crippen molar-refractivity contribution in [2.45, 2.75) is 13.3 Å². The summed E-state index contributed by atoms with van der Waals surface area (Å²) in [7, 11) is 0. The minimum Gasteiger partial charge on any atom is -0.339 e. The van der Waals surface area contributed by atoms with Gasteiger partial charge in [-0.15, -0.1) is 0 Å². The van der Waals surface area contributed by atoms with E-state index in [9.17, 15) is 19.7 Å². The third-order valence-corrected chi connectivity index (χ3v) is 4.77. The monoisotopic (exact) mass is 413 g/mol. The minimum atomic E-state index is -0.523. The number of aromatic nitrogens is 2. The lowest BCUT2D eigenvalue weighted by Crippen LogP contribution is -2.49. The molecule has 1 aliphatic rings. The Kier molecular flexibility index (Phi) is 6.73. The van der Waals surface area contributed by atoms with Crippen molar-refractivity contribution >= 4 is 29.3 Å². The molecule has 0 bridgehead atoms. The van der Waals surface area contributed by atoms with Crippen molar-refractivity contribution < 1.29 is 14.5 Å². The average Bonchev–Trinajstić information content (AvgIpc) is 2.75. The summed E-state index contributed by atoms with van der Waals surface area (Å²) in [6, 6.07) is 5.48. The molecule has 0 atom stereocenters. The largest absolute Gasteiger partial charge is 0.339 e. The molecule has 3 rings (SSSR count). The molecule has 158 valence electrons. The molecular weight excluding hydrogens is 390 g/mol. The molecule has 2 N–H and O–H groups in total. The van der Waals surface area contributed by atoms with Gasteiger partial charge in [-0.1, -0.05) is 6.07 Å². The normalized spacial score (nSPS) is 13.6. The molecule has 0 saturated carbocycles. The number of non-ortho nitro benzene ring substituents is 1. The van der Waals surface area contributed by atoms with Crippen molar-refractivity contribution in [3.05, 3.63) is 52.3 Å². The molecule has 0 spiro atoms. The molecule has 1 saturated heterocycles. The standard InChI is InChI=1S/C19H23N7O4/c1-14-3-4-15(26(29)30)13-16(14)23-19(28)22-8-5-17(27)24-9-11-25(12-10-24)18-20-6-2-7-21-18/h2-4,6-7,13H,5,8-12H2,1H3,(H2,22,23,28). The van der Waals surface area contributed by atoms with E-state index in [2.05, 4.69) is 20.6 Å². The fraction of sp³-hybridized carbons (Fsp3) is 0.368. The lowest BCUT2D eigenvalue weighted by molar-refractivity contribution is -0.384. The summed E-state index contributed by atoms with van der Waals surface area (Å²) in [6.07, 6.45) is 3.54. The maximum absolute atomic E-state index is 12.4. The van der Waals surface area contributed by atoms with Gasteiger partial charge in [-0.25, -0.2) is 14.8 Å². The molecule has 1 aliphatic heterocycles. The van der Waals surface area contributed by atoms with Gasteiger partial charge in [0.2, 0.25) is 11.9 Å². The van der Waals surface area contributed by atoms with Crippen LogP contribution in [0, 0.1) is 17.0 Å². The number of carbonyl (C=O) groups excluding carboxylic acids is 2. The molecule has 1 fully saturated rings. The minimum absolute atomic E-state index is 0.0459. The van der Waals surface area contributed by atoms with E-state index in [1.165, 1.54) is 12.1 Å². The van der Waals surface area contributed by atoms with E-state index in [0.717, 1.165) is 0 Å². The lowest BCUT2D eigenvalue weighted by Gasteiger charge is -2.34. The highest BCUT2D eigenvalue weighted by molar-refractivity contribution is 5.90. The average molecular weight is 413 g/mol. The number of amides is 3. The third-order valence-electron chi connectivity index (χ3n) is 4.77. The Balaban J connectivity index is 1.41. The van der Waals surface area contributed by atoms with E-state index in [4.69, 9.17) is 0 Å². The van der Waals surface area contributed by atoms with Crippen LogP contribution in [0.25, 0.3) is 0 Å². The smallest absolute Gasteiger partial charge is 0.319 e. The Labute approximate surface area is 173 Å². The number of nitrogens with one attached hydrogen (secondary N) is 2. The van der Waals surface area contributed by atoms with Gasteiger partial charge in [-0.2, -0.15) is 0 Å². The van der Waals surface area contributed by atoms with Crippen LogP contribution >= 0.6 is 0 Å². The first-order valence-corrected chi connectivity index (χ1v) is 9.53. The van der Waals surface area contributed by atoms with Crippen LogP contribution in [0.15, 0.2) is 36.7 Å². The highest BCUT2D eigenvalue weighted by Crippen LogP contribution is 2.21. The summed E-state index contributed by atoms with van der Waals surface area (Å²) in [6.45, 7) is 4.33. The van der Waals surface area contributed by atoms with Crippen molar-refractivity contribution in [2.75, 3.05) is 42.9 Å². The number of anilines is 2. The number of piperazine rings is 1. The molecule has 2 heterocycles. The summed E-state index contributed by atoms with van der Waals surface area (Å²) in [5, 5.41) is 16.1. The fourth-order valence-electron chi connectivity index (χ4n) is 3.08. The van der Waals surface area contributed by atoms with E-state index in [0.29, 0.717) is 43.4 Å². The number of hydrogen-bond donors (Lipinski definition) is 2. The van der Waals surface area contributed by atoms with E-state index in [1.807, 2.05) is 4.90 Å². The maximum Gasteiger partial charge on any atom is 0.319 e.